The average Bonchev–Trinajstić information content (AvgIpc) is 2.87. The summed E-state index contributed by atoms with van der Waals surface area (Å²) in [6, 6.07) is 16.4. The minimum Gasteiger partial charge on any atom is -0.330 e. The summed E-state index contributed by atoms with van der Waals surface area (Å²) >= 11 is 6.26. The molecule has 0 amide bonds. The lowest BCUT2D eigenvalue weighted by atomic mass is 10.0. The highest BCUT2D eigenvalue weighted by atomic mass is 35.5. The first-order valence-electron chi connectivity index (χ1n) is 6.69. The lowest BCUT2D eigenvalue weighted by molar-refractivity contribution is 0.701. The van der Waals surface area contributed by atoms with Crippen molar-refractivity contribution in [2.45, 2.75) is 13.0 Å². The summed E-state index contributed by atoms with van der Waals surface area (Å²) in [5, 5.41) is 0.750. The van der Waals surface area contributed by atoms with Crippen LogP contribution in [-0.2, 0) is 13.0 Å². The van der Waals surface area contributed by atoms with Gasteiger partial charge in [0.2, 0.25) is 0 Å². The summed E-state index contributed by atoms with van der Waals surface area (Å²) in [5.41, 5.74) is 4.71. The van der Waals surface area contributed by atoms with Crippen LogP contribution < -0.4 is 0 Å². The summed E-state index contributed by atoms with van der Waals surface area (Å²) in [4.78, 5) is 4.76. The van der Waals surface area contributed by atoms with Crippen molar-refractivity contribution in [2.24, 2.45) is 0 Å². The molecule has 0 fully saturated rings. The van der Waals surface area contributed by atoms with Crippen LogP contribution in [0.1, 0.15) is 17.0 Å². The van der Waals surface area contributed by atoms with Crippen LogP contribution in [0.5, 0.6) is 0 Å². The molecule has 2 heterocycles. The maximum absolute atomic E-state index is 6.26. The molecule has 2 aromatic carbocycles. The Labute approximate surface area is 122 Å². The monoisotopic (exact) mass is 280 g/mol. The van der Waals surface area contributed by atoms with E-state index in [1.54, 1.807) is 0 Å². The summed E-state index contributed by atoms with van der Waals surface area (Å²) in [6.07, 6.45) is 2.99. The number of fused-ring (bicyclic) bond motifs is 2. The second kappa shape index (κ2) is 4.50. The van der Waals surface area contributed by atoms with Crippen molar-refractivity contribution in [3.05, 3.63) is 76.7 Å². The van der Waals surface area contributed by atoms with Gasteiger partial charge in [-0.15, -0.1) is 0 Å². The molecule has 0 unspecified atom stereocenters. The molecule has 20 heavy (non-hydrogen) atoms. The van der Waals surface area contributed by atoms with Crippen LogP contribution in [0.4, 0.5) is 0 Å². The van der Waals surface area contributed by atoms with Crippen LogP contribution >= 0.6 is 11.6 Å². The average molecular weight is 281 g/mol. The van der Waals surface area contributed by atoms with Gasteiger partial charge in [0.1, 0.15) is 5.82 Å². The molecule has 98 valence electrons. The van der Waals surface area contributed by atoms with Gasteiger partial charge in [0, 0.05) is 24.7 Å². The van der Waals surface area contributed by atoms with Gasteiger partial charge in [-0.1, -0.05) is 54.1 Å². The zero-order valence-corrected chi connectivity index (χ0v) is 11.6. The van der Waals surface area contributed by atoms with Gasteiger partial charge in [0.05, 0.1) is 10.7 Å². The van der Waals surface area contributed by atoms with Gasteiger partial charge in [0.25, 0.3) is 0 Å². The van der Waals surface area contributed by atoms with E-state index in [0.717, 1.165) is 35.1 Å². The van der Waals surface area contributed by atoms with E-state index in [4.69, 9.17) is 16.6 Å². The predicted octanol–water partition coefficient (Wildman–Crippen LogP) is 4.16. The normalized spacial score (nSPS) is 12.8. The highest BCUT2D eigenvalue weighted by Crippen LogP contribution is 2.29. The van der Waals surface area contributed by atoms with Gasteiger partial charge in [-0.3, -0.25) is 0 Å². The first-order chi connectivity index (χ1) is 9.81. The third-order valence-electron chi connectivity index (χ3n) is 3.82. The molecule has 2 nitrogen and oxygen atoms in total. The van der Waals surface area contributed by atoms with E-state index in [0.29, 0.717) is 0 Å². The molecule has 0 N–H and O–H groups in total. The van der Waals surface area contributed by atoms with Crippen LogP contribution in [0, 0.1) is 0 Å². The van der Waals surface area contributed by atoms with Crippen molar-refractivity contribution in [1.82, 2.24) is 9.55 Å². The molecule has 0 atom stereocenters. The molecule has 1 aromatic heterocycles. The summed E-state index contributed by atoms with van der Waals surface area (Å²) in [5.74, 6) is 1.11. The van der Waals surface area contributed by atoms with Crippen LogP contribution in [-0.4, -0.2) is 9.55 Å². The molecule has 3 aromatic rings. The van der Waals surface area contributed by atoms with Crippen LogP contribution in [0.25, 0.3) is 11.3 Å². The quantitative estimate of drug-likeness (QED) is 0.512. The van der Waals surface area contributed by atoms with Crippen molar-refractivity contribution in [3.63, 3.8) is 0 Å². The molecule has 0 aliphatic carbocycles. The highest BCUT2D eigenvalue weighted by Gasteiger charge is 2.18. The van der Waals surface area contributed by atoms with Crippen molar-refractivity contribution >= 4 is 11.6 Å². The molecular formula is C17H13ClN2. The Hall–Kier alpha value is -2.06. The van der Waals surface area contributed by atoms with Gasteiger partial charge < -0.3 is 4.57 Å². The van der Waals surface area contributed by atoms with Crippen molar-refractivity contribution < 1.29 is 0 Å². The number of nitrogens with zero attached hydrogens (tertiary/aromatic N) is 2. The van der Waals surface area contributed by atoms with Gasteiger partial charge in [-0.05, 0) is 17.2 Å². The molecule has 3 heteroatoms. The van der Waals surface area contributed by atoms with E-state index in [-0.39, 0.29) is 0 Å². The summed E-state index contributed by atoms with van der Waals surface area (Å²) in [6.45, 7) is 0.892. The van der Waals surface area contributed by atoms with Gasteiger partial charge in [-0.2, -0.15) is 0 Å². The Kier molecular flexibility index (Phi) is 2.64. The van der Waals surface area contributed by atoms with E-state index in [2.05, 4.69) is 35.0 Å². The third-order valence-corrected chi connectivity index (χ3v) is 4.15. The minimum atomic E-state index is 0.750. The van der Waals surface area contributed by atoms with Crippen LogP contribution in [0.15, 0.2) is 54.7 Å². The fourth-order valence-corrected chi connectivity index (χ4v) is 3.00. The van der Waals surface area contributed by atoms with E-state index in [1.165, 1.54) is 11.1 Å². The van der Waals surface area contributed by atoms with E-state index in [9.17, 15) is 0 Å². The molecule has 0 radical (unpaired) electrons. The van der Waals surface area contributed by atoms with Crippen LogP contribution in [0.3, 0.4) is 0 Å². The second-order valence-electron chi connectivity index (χ2n) is 5.10. The maximum atomic E-state index is 6.26. The minimum absolute atomic E-state index is 0.750. The molecule has 0 saturated carbocycles. The van der Waals surface area contributed by atoms with Crippen LogP contribution in [0.2, 0.25) is 5.02 Å². The van der Waals surface area contributed by atoms with Gasteiger partial charge in [-0.25, -0.2) is 4.98 Å². The maximum Gasteiger partial charge on any atom is 0.114 e. The first kappa shape index (κ1) is 11.7. The first-order valence-corrected chi connectivity index (χ1v) is 7.07. The Morgan fingerprint density at radius 1 is 0.950 bits per heavy atom. The number of halogens is 1. The Morgan fingerprint density at radius 3 is 2.55 bits per heavy atom. The van der Waals surface area contributed by atoms with E-state index in [1.807, 2.05) is 24.3 Å². The molecular weight excluding hydrogens is 268 g/mol. The molecule has 0 bridgehead atoms. The number of aromatic nitrogens is 2. The van der Waals surface area contributed by atoms with Crippen molar-refractivity contribution in [3.8, 4) is 11.3 Å². The zero-order valence-electron chi connectivity index (χ0n) is 10.9. The van der Waals surface area contributed by atoms with Gasteiger partial charge >= 0.3 is 0 Å². The summed E-state index contributed by atoms with van der Waals surface area (Å²) < 4.78 is 2.22. The largest absolute Gasteiger partial charge is 0.330 e. The number of rotatable bonds is 1. The fourth-order valence-electron chi connectivity index (χ4n) is 2.77. The highest BCUT2D eigenvalue weighted by molar-refractivity contribution is 6.33. The lowest BCUT2D eigenvalue weighted by Crippen LogP contribution is -2.13. The number of hydrogen-bond acceptors (Lipinski definition) is 1. The third kappa shape index (κ3) is 1.84. The summed E-state index contributed by atoms with van der Waals surface area (Å²) in [7, 11) is 0. The molecule has 0 spiro atoms. The Bertz CT molecular complexity index is 747. The smallest absolute Gasteiger partial charge is 0.114 e. The standard InChI is InChI=1S/C17H13ClN2/c18-15-8-4-3-7-14(15)16-11-20-10-13-6-2-1-5-12(13)9-17(20)19-16/h1-8,11H,9-10H2. The Morgan fingerprint density at radius 2 is 1.70 bits per heavy atom. The Balaban J connectivity index is 1.79. The predicted molar refractivity (Wildman–Crippen MR) is 81.0 cm³/mol. The van der Waals surface area contributed by atoms with Crippen molar-refractivity contribution in [2.75, 3.05) is 0 Å². The van der Waals surface area contributed by atoms with E-state index >= 15 is 0 Å². The van der Waals surface area contributed by atoms with Crippen molar-refractivity contribution in [1.29, 1.82) is 0 Å². The topological polar surface area (TPSA) is 17.8 Å². The zero-order chi connectivity index (χ0) is 13.5. The molecule has 1 aliphatic rings. The lowest BCUT2D eigenvalue weighted by Gasteiger charge is -2.17. The molecule has 4 rings (SSSR count). The SMILES string of the molecule is Clc1ccccc1-c1cn2c(n1)Cc1ccccc1C2. The van der Waals surface area contributed by atoms with Gasteiger partial charge in [0.15, 0.2) is 0 Å². The number of imidazole rings is 1. The van der Waals surface area contributed by atoms with E-state index < -0.39 is 0 Å². The fraction of sp³-hybridized carbons (Fsp3) is 0.118. The number of hydrogen-bond donors (Lipinski definition) is 0. The number of benzene rings is 2. The molecule has 1 aliphatic heterocycles. The molecule has 0 saturated heterocycles. The second-order valence-corrected chi connectivity index (χ2v) is 5.50.